The van der Waals surface area contributed by atoms with Crippen molar-refractivity contribution in [3.05, 3.63) is 243 Å². The SMILES string of the molecule is [2H]c1c([2H])c([2H])c(-c2ccc(N(c3ccccc3)c3ccc4cc(-c5ccc(-c6ccc7c8ccccc8n(-c8ccc(-c9ccccc9)cc8)c7c6)cc5)ccc4c3)cc2)c([2H])c1[2H]. The highest BCUT2D eigenvalue weighted by atomic mass is 15.1. The normalized spacial score (nSPS) is 12.5. The van der Waals surface area contributed by atoms with Crippen LogP contribution in [0.4, 0.5) is 17.1 Å². The summed E-state index contributed by atoms with van der Waals surface area (Å²) in [6.45, 7) is 0. The Hall–Kier alpha value is -7.94. The molecule has 1 aromatic heterocycles. The van der Waals surface area contributed by atoms with Crippen LogP contribution in [0, 0.1) is 0 Å². The Balaban J connectivity index is 0.892. The van der Waals surface area contributed by atoms with E-state index in [0.29, 0.717) is 5.56 Å². The fraction of sp³-hybridized carbons (Fsp3) is 0. The van der Waals surface area contributed by atoms with E-state index in [-0.39, 0.29) is 29.7 Å². The van der Waals surface area contributed by atoms with Crippen LogP contribution in [0.3, 0.4) is 0 Å². The Morgan fingerprint density at radius 3 is 1.55 bits per heavy atom. The first-order valence-corrected chi connectivity index (χ1v) is 20.2. The smallest absolute Gasteiger partial charge is 0.0629 e. The third-order valence-electron chi connectivity index (χ3n) is 11.5. The summed E-state index contributed by atoms with van der Waals surface area (Å²) in [5, 5.41) is 4.68. The molecule has 60 heavy (non-hydrogen) atoms. The molecule has 1 heterocycles. The Bertz CT molecular complexity index is 3540. The van der Waals surface area contributed by atoms with Crippen LogP contribution in [-0.4, -0.2) is 4.57 Å². The molecule has 2 heteroatoms. The van der Waals surface area contributed by atoms with Crippen molar-refractivity contribution in [1.82, 2.24) is 4.57 Å². The minimum absolute atomic E-state index is 0.188. The molecule has 0 unspecified atom stereocenters. The summed E-state index contributed by atoms with van der Waals surface area (Å²) in [6, 6.07) is 72.8. The Kier molecular flexibility index (Phi) is 7.59. The highest BCUT2D eigenvalue weighted by Crippen LogP contribution is 2.39. The first-order valence-electron chi connectivity index (χ1n) is 22.7. The van der Waals surface area contributed by atoms with Crippen LogP contribution in [0.5, 0.6) is 0 Å². The van der Waals surface area contributed by atoms with Crippen LogP contribution >= 0.6 is 0 Å². The summed E-state index contributed by atoms with van der Waals surface area (Å²) in [4.78, 5) is 2.16. The molecule has 0 saturated carbocycles. The van der Waals surface area contributed by atoms with E-state index in [0.717, 1.165) is 55.8 Å². The number of hydrogen-bond acceptors (Lipinski definition) is 1. The fourth-order valence-corrected chi connectivity index (χ4v) is 8.46. The molecule has 0 N–H and O–H groups in total. The van der Waals surface area contributed by atoms with E-state index < -0.39 is 6.04 Å². The van der Waals surface area contributed by atoms with Gasteiger partial charge in [0.15, 0.2) is 0 Å². The molecule has 2 nitrogen and oxygen atoms in total. The third-order valence-corrected chi connectivity index (χ3v) is 11.5. The van der Waals surface area contributed by atoms with Gasteiger partial charge in [-0.15, -0.1) is 0 Å². The van der Waals surface area contributed by atoms with Crippen molar-refractivity contribution in [2.24, 2.45) is 0 Å². The molecular weight excluding hydrogens is 725 g/mol. The van der Waals surface area contributed by atoms with Crippen molar-refractivity contribution in [2.75, 3.05) is 4.90 Å². The largest absolute Gasteiger partial charge is 0.310 e. The average Bonchev–Trinajstić information content (AvgIpc) is 3.70. The summed E-state index contributed by atoms with van der Waals surface area (Å²) >= 11 is 0. The number of hydrogen-bond donors (Lipinski definition) is 0. The molecule has 0 aliphatic carbocycles. The summed E-state index contributed by atoms with van der Waals surface area (Å²) in [5.74, 6) is 0. The van der Waals surface area contributed by atoms with Crippen molar-refractivity contribution in [2.45, 2.75) is 0 Å². The molecule has 0 aliphatic rings. The quantitative estimate of drug-likeness (QED) is 0.149. The predicted octanol–water partition coefficient (Wildman–Crippen LogP) is 16.1. The van der Waals surface area contributed by atoms with E-state index in [1.807, 2.05) is 48.5 Å². The van der Waals surface area contributed by atoms with Gasteiger partial charge in [-0.3, -0.25) is 0 Å². The molecule has 11 aromatic rings. The van der Waals surface area contributed by atoms with Gasteiger partial charge in [-0.1, -0.05) is 176 Å². The van der Waals surface area contributed by atoms with Gasteiger partial charge in [-0.05, 0) is 122 Å². The second-order valence-electron chi connectivity index (χ2n) is 15.0. The number of aromatic nitrogens is 1. The molecular formula is C58H40N2. The standard InChI is InChI=1S/C58H40N2/c1-4-12-41(13-5-1)43-26-32-52(33-27-43)59(51-16-8-3-9-17-51)54-36-30-48-38-47(24-25-49(48)39-54)45-20-22-46(23-21-45)50-31-37-56-55-18-10-11-19-57(55)60(58(56)40-50)53-34-28-44(29-35-53)42-14-6-2-7-15-42/h1-40H/i1D,4D,5D,12D,13D. The molecule has 11 rings (SSSR count). The van der Waals surface area contributed by atoms with Gasteiger partial charge in [-0.25, -0.2) is 0 Å². The number of anilines is 3. The van der Waals surface area contributed by atoms with Crippen LogP contribution in [0.2, 0.25) is 0 Å². The second-order valence-corrected chi connectivity index (χ2v) is 15.0. The zero-order valence-electron chi connectivity index (χ0n) is 37.6. The van der Waals surface area contributed by atoms with Gasteiger partial charge in [0.1, 0.15) is 0 Å². The number of para-hydroxylation sites is 2. The molecule has 0 aliphatic heterocycles. The molecule has 10 aromatic carbocycles. The highest BCUT2D eigenvalue weighted by molar-refractivity contribution is 6.10. The van der Waals surface area contributed by atoms with Gasteiger partial charge in [0.2, 0.25) is 0 Å². The van der Waals surface area contributed by atoms with Crippen molar-refractivity contribution in [3.63, 3.8) is 0 Å². The molecule has 0 saturated heterocycles. The molecule has 0 amide bonds. The molecule has 0 atom stereocenters. The summed E-state index contributed by atoms with van der Waals surface area (Å²) in [7, 11) is 0. The number of nitrogens with zero attached hydrogens (tertiary/aromatic N) is 2. The van der Waals surface area contributed by atoms with Crippen molar-refractivity contribution >= 4 is 49.6 Å². The Morgan fingerprint density at radius 2 is 0.800 bits per heavy atom. The lowest BCUT2D eigenvalue weighted by atomic mass is 9.97. The zero-order chi connectivity index (χ0) is 44.2. The Morgan fingerprint density at radius 1 is 0.317 bits per heavy atom. The maximum Gasteiger partial charge on any atom is 0.0629 e. The fourth-order valence-electron chi connectivity index (χ4n) is 8.46. The number of rotatable bonds is 8. The topological polar surface area (TPSA) is 8.17 Å². The van der Waals surface area contributed by atoms with Gasteiger partial charge in [0.05, 0.1) is 17.9 Å². The van der Waals surface area contributed by atoms with Crippen molar-refractivity contribution in [3.8, 4) is 50.2 Å². The van der Waals surface area contributed by atoms with E-state index >= 15 is 0 Å². The molecule has 0 spiro atoms. The minimum Gasteiger partial charge on any atom is -0.310 e. The number of fused-ring (bicyclic) bond motifs is 4. The average molecular weight is 770 g/mol. The van der Waals surface area contributed by atoms with Gasteiger partial charge < -0.3 is 9.47 Å². The first-order chi connectivity index (χ1) is 31.8. The Labute approximate surface area is 357 Å². The van der Waals surface area contributed by atoms with Gasteiger partial charge >= 0.3 is 0 Å². The van der Waals surface area contributed by atoms with Gasteiger partial charge in [0, 0.05) is 33.5 Å². The number of benzene rings is 10. The lowest BCUT2D eigenvalue weighted by Gasteiger charge is -2.26. The van der Waals surface area contributed by atoms with Crippen LogP contribution in [0.1, 0.15) is 6.85 Å². The van der Waals surface area contributed by atoms with E-state index in [9.17, 15) is 0 Å². The maximum absolute atomic E-state index is 8.48. The molecule has 0 fully saturated rings. The lowest BCUT2D eigenvalue weighted by molar-refractivity contribution is 1.18. The van der Waals surface area contributed by atoms with Crippen LogP contribution in [-0.2, 0) is 0 Å². The van der Waals surface area contributed by atoms with Gasteiger partial charge in [0.25, 0.3) is 0 Å². The first kappa shape index (κ1) is 30.2. The van der Waals surface area contributed by atoms with Crippen LogP contribution in [0.25, 0.3) is 82.8 Å². The molecule has 282 valence electrons. The summed E-state index contributed by atoms with van der Waals surface area (Å²) in [6.07, 6.45) is 0. The highest BCUT2D eigenvalue weighted by Gasteiger charge is 2.16. The second kappa shape index (κ2) is 15.1. The van der Waals surface area contributed by atoms with E-state index in [1.54, 1.807) is 0 Å². The van der Waals surface area contributed by atoms with E-state index in [1.165, 1.54) is 32.9 Å². The third kappa shape index (κ3) is 6.51. The van der Waals surface area contributed by atoms with Crippen molar-refractivity contribution < 1.29 is 6.85 Å². The minimum atomic E-state index is -0.399. The molecule has 0 bridgehead atoms. The van der Waals surface area contributed by atoms with Crippen LogP contribution < -0.4 is 4.90 Å². The summed E-state index contributed by atoms with van der Waals surface area (Å²) in [5.41, 5.74) is 14.0. The zero-order valence-corrected chi connectivity index (χ0v) is 32.6. The lowest BCUT2D eigenvalue weighted by Crippen LogP contribution is -2.09. The monoisotopic (exact) mass is 769 g/mol. The van der Waals surface area contributed by atoms with E-state index in [4.69, 9.17) is 6.85 Å². The van der Waals surface area contributed by atoms with Crippen molar-refractivity contribution in [1.29, 1.82) is 0 Å². The van der Waals surface area contributed by atoms with E-state index in [2.05, 4.69) is 173 Å². The van der Waals surface area contributed by atoms with Gasteiger partial charge in [-0.2, -0.15) is 0 Å². The summed E-state index contributed by atoms with van der Waals surface area (Å²) < 4.78 is 43.7. The maximum atomic E-state index is 8.48. The van der Waals surface area contributed by atoms with Crippen LogP contribution in [0.15, 0.2) is 243 Å². The molecule has 0 radical (unpaired) electrons. The predicted molar refractivity (Wildman–Crippen MR) is 255 cm³/mol.